The van der Waals surface area contributed by atoms with Gasteiger partial charge < -0.3 is 9.84 Å². The molecule has 0 saturated carbocycles. The van der Waals surface area contributed by atoms with Gasteiger partial charge in [-0.2, -0.15) is 0 Å². The van der Waals surface area contributed by atoms with Crippen LogP contribution in [0.15, 0.2) is 45.6 Å². The second-order valence-corrected chi connectivity index (χ2v) is 9.58. The molecule has 2 rings (SSSR count). The van der Waals surface area contributed by atoms with Crippen molar-refractivity contribution in [3.63, 3.8) is 0 Å². The average molecular weight is 431 g/mol. The van der Waals surface area contributed by atoms with Gasteiger partial charge in [0.25, 0.3) is 0 Å². The molecular formula is C25H34O4S. The molecule has 0 amide bonds. The number of ketones is 1. The lowest BCUT2D eigenvalue weighted by Crippen LogP contribution is -2.34. The molecule has 0 spiro atoms. The standard InChI is InChI=1S/C25H34O4S/c1-8-9-10-11-18(22(26)20-12-15(2)14-30-20)13-19-23(29-7)16(3)21(24(27)28)17(4)25(19,5)6/h12-14,19H,8-11H2,1-7H3,(H,27,28). The summed E-state index contributed by atoms with van der Waals surface area (Å²) in [6, 6.07) is 1.94. The van der Waals surface area contributed by atoms with Crippen LogP contribution in [0.5, 0.6) is 0 Å². The van der Waals surface area contributed by atoms with Crippen LogP contribution in [0, 0.1) is 18.3 Å². The number of carbonyl (C=O) groups excluding carboxylic acids is 1. The predicted octanol–water partition coefficient (Wildman–Crippen LogP) is 6.72. The molecule has 0 bridgehead atoms. The van der Waals surface area contributed by atoms with Gasteiger partial charge in [0.2, 0.25) is 0 Å². The molecular weight excluding hydrogens is 396 g/mol. The van der Waals surface area contributed by atoms with Gasteiger partial charge >= 0.3 is 5.97 Å². The highest BCUT2D eigenvalue weighted by atomic mass is 32.1. The van der Waals surface area contributed by atoms with Crippen molar-refractivity contribution >= 4 is 23.1 Å². The van der Waals surface area contributed by atoms with Crippen molar-refractivity contribution in [2.45, 2.75) is 67.2 Å². The van der Waals surface area contributed by atoms with Gasteiger partial charge in [0.15, 0.2) is 5.78 Å². The minimum Gasteiger partial charge on any atom is -0.500 e. The number of hydrogen-bond donors (Lipinski definition) is 1. The Bertz CT molecular complexity index is 911. The molecule has 5 heteroatoms. The molecule has 1 N–H and O–H groups in total. The highest BCUT2D eigenvalue weighted by Crippen LogP contribution is 2.48. The van der Waals surface area contributed by atoms with Gasteiger partial charge in [-0.3, -0.25) is 4.79 Å². The minimum atomic E-state index is -0.941. The normalized spacial score (nSPS) is 19.3. The van der Waals surface area contributed by atoms with Crippen molar-refractivity contribution in [2.75, 3.05) is 7.11 Å². The molecule has 0 fully saturated rings. The van der Waals surface area contributed by atoms with Gasteiger partial charge in [0.1, 0.15) is 5.76 Å². The Balaban J connectivity index is 2.59. The first-order valence-electron chi connectivity index (χ1n) is 10.6. The van der Waals surface area contributed by atoms with Crippen LogP contribution in [-0.4, -0.2) is 24.0 Å². The van der Waals surface area contributed by atoms with Gasteiger partial charge in [-0.15, -0.1) is 11.3 Å². The van der Waals surface area contributed by atoms with Crippen LogP contribution in [0.25, 0.3) is 0 Å². The third-order valence-corrected chi connectivity index (χ3v) is 7.29. The van der Waals surface area contributed by atoms with Crippen molar-refractivity contribution in [2.24, 2.45) is 11.3 Å². The van der Waals surface area contributed by atoms with E-state index < -0.39 is 11.4 Å². The van der Waals surface area contributed by atoms with E-state index in [-0.39, 0.29) is 11.7 Å². The maximum absolute atomic E-state index is 13.3. The molecule has 0 radical (unpaired) electrons. The number of carboxylic acid groups (broad SMARTS) is 1. The Morgan fingerprint density at radius 1 is 1.23 bits per heavy atom. The van der Waals surface area contributed by atoms with Gasteiger partial charge in [0.05, 0.1) is 17.6 Å². The summed E-state index contributed by atoms with van der Waals surface area (Å²) >= 11 is 1.48. The first-order chi connectivity index (χ1) is 14.1. The van der Waals surface area contributed by atoms with E-state index in [1.54, 1.807) is 14.0 Å². The fourth-order valence-corrected chi connectivity index (χ4v) is 5.03. The van der Waals surface area contributed by atoms with E-state index >= 15 is 0 Å². The maximum atomic E-state index is 13.3. The molecule has 1 aromatic heterocycles. The van der Waals surface area contributed by atoms with Crippen molar-refractivity contribution in [1.29, 1.82) is 0 Å². The summed E-state index contributed by atoms with van der Waals surface area (Å²) in [4.78, 5) is 26.0. The number of unbranched alkanes of at least 4 members (excludes halogenated alkanes) is 2. The topological polar surface area (TPSA) is 63.6 Å². The Labute approximate surface area is 184 Å². The molecule has 0 aliphatic heterocycles. The molecule has 0 aromatic carbocycles. The van der Waals surface area contributed by atoms with Crippen molar-refractivity contribution in [1.82, 2.24) is 0 Å². The molecule has 1 aliphatic carbocycles. The smallest absolute Gasteiger partial charge is 0.336 e. The molecule has 1 unspecified atom stereocenters. The highest BCUT2D eigenvalue weighted by Gasteiger charge is 2.42. The lowest BCUT2D eigenvalue weighted by molar-refractivity contribution is -0.132. The number of rotatable bonds is 9. The third-order valence-electron chi connectivity index (χ3n) is 6.24. The number of carbonyl (C=O) groups is 2. The van der Waals surface area contributed by atoms with Gasteiger partial charge in [0, 0.05) is 11.5 Å². The lowest BCUT2D eigenvalue weighted by atomic mass is 9.65. The van der Waals surface area contributed by atoms with E-state index in [2.05, 4.69) is 6.92 Å². The number of aryl methyl sites for hydroxylation is 1. The second kappa shape index (κ2) is 9.78. The molecule has 1 aliphatic rings. The fraction of sp³-hybridized carbons (Fsp3) is 0.520. The Hall–Kier alpha value is -2.14. The molecule has 4 nitrogen and oxygen atoms in total. The average Bonchev–Trinajstić information content (AvgIpc) is 3.11. The van der Waals surface area contributed by atoms with E-state index in [0.29, 0.717) is 23.3 Å². The summed E-state index contributed by atoms with van der Waals surface area (Å²) in [7, 11) is 1.58. The zero-order valence-electron chi connectivity index (χ0n) is 19.2. The second-order valence-electron chi connectivity index (χ2n) is 8.66. The summed E-state index contributed by atoms with van der Waals surface area (Å²) < 4.78 is 5.73. The zero-order valence-corrected chi connectivity index (χ0v) is 20.0. The van der Waals surface area contributed by atoms with Crippen LogP contribution < -0.4 is 0 Å². The van der Waals surface area contributed by atoms with Crippen LogP contribution in [0.4, 0.5) is 0 Å². The summed E-state index contributed by atoms with van der Waals surface area (Å²) in [6.45, 7) is 11.9. The van der Waals surface area contributed by atoms with Crippen LogP contribution in [-0.2, 0) is 9.53 Å². The molecule has 0 saturated heterocycles. The number of aliphatic carboxylic acids is 1. The summed E-state index contributed by atoms with van der Waals surface area (Å²) in [5, 5.41) is 11.8. The first-order valence-corrected chi connectivity index (χ1v) is 11.4. The highest BCUT2D eigenvalue weighted by molar-refractivity contribution is 7.12. The maximum Gasteiger partial charge on any atom is 0.336 e. The van der Waals surface area contributed by atoms with Gasteiger partial charge in [-0.25, -0.2) is 4.79 Å². The molecule has 164 valence electrons. The largest absolute Gasteiger partial charge is 0.500 e. The number of carboxylic acids is 1. The molecule has 30 heavy (non-hydrogen) atoms. The SMILES string of the molecule is CCCCCC(=CC1C(OC)=C(C)C(C(=O)O)=C(C)C1(C)C)C(=O)c1cc(C)cs1. The van der Waals surface area contributed by atoms with E-state index in [4.69, 9.17) is 4.74 Å². The number of allylic oxidation sites excluding steroid dienone is 3. The Morgan fingerprint density at radius 2 is 1.90 bits per heavy atom. The quantitative estimate of drug-likeness (QED) is 0.268. The fourth-order valence-electron chi connectivity index (χ4n) is 4.15. The molecule has 1 heterocycles. The number of hydrogen-bond acceptors (Lipinski definition) is 4. The minimum absolute atomic E-state index is 0.0683. The van der Waals surface area contributed by atoms with Crippen molar-refractivity contribution < 1.29 is 19.4 Å². The lowest BCUT2D eigenvalue weighted by Gasteiger charge is -2.40. The first kappa shape index (κ1) is 24.1. The van der Waals surface area contributed by atoms with E-state index in [1.807, 2.05) is 45.2 Å². The Morgan fingerprint density at radius 3 is 2.40 bits per heavy atom. The third kappa shape index (κ3) is 4.77. The van der Waals surface area contributed by atoms with Crippen molar-refractivity contribution in [3.8, 4) is 0 Å². The predicted molar refractivity (Wildman–Crippen MR) is 123 cm³/mol. The van der Waals surface area contributed by atoms with Gasteiger partial charge in [-0.1, -0.05) is 45.3 Å². The molecule has 1 atom stereocenters. The number of ether oxygens (including phenoxy) is 1. The number of Topliss-reactive ketones (excluding diaryl/α,β-unsaturated/α-hetero) is 1. The number of thiophene rings is 1. The molecule has 1 aromatic rings. The summed E-state index contributed by atoms with van der Waals surface area (Å²) in [5.41, 5.74) is 3.15. The van der Waals surface area contributed by atoms with Crippen LogP contribution in [0.3, 0.4) is 0 Å². The number of methoxy groups -OCH3 is 1. The summed E-state index contributed by atoms with van der Waals surface area (Å²) in [6.07, 6.45) is 5.85. The van der Waals surface area contributed by atoms with Crippen LogP contribution in [0.2, 0.25) is 0 Å². The van der Waals surface area contributed by atoms with Crippen molar-refractivity contribution in [3.05, 3.63) is 56.0 Å². The van der Waals surface area contributed by atoms with E-state index in [1.165, 1.54) is 11.3 Å². The van der Waals surface area contributed by atoms with Gasteiger partial charge in [-0.05, 0) is 61.6 Å². The van der Waals surface area contributed by atoms with E-state index in [0.717, 1.165) is 40.8 Å². The van der Waals surface area contributed by atoms with Crippen LogP contribution >= 0.6 is 11.3 Å². The summed E-state index contributed by atoms with van der Waals surface area (Å²) in [5.74, 6) is -0.444. The monoisotopic (exact) mass is 430 g/mol. The Kier molecular flexibility index (Phi) is 7.87. The van der Waals surface area contributed by atoms with E-state index in [9.17, 15) is 14.7 Å². The van der Waals surface area contributed by atoms with Crippen LogP contribution in [0.1, 0.15) is 75.5 Å². The zero-order chi connectivity index (χ0) is 22.6.